The van der Waals surface area contributed by atoms with Gasteiger partial charge in [-0.25, -0.2) is 9.07 Å². The second kappa shape index (κ2) is 10.5. The number of anilines is 1. The van der Waals surface area contributed by atoms with Gasteiger partial charge in [-0.15, -0.1) is 0 Å². The number of benzene rings is 2. The highest BCUT2D eigenvalue weighted by Crippen LogP contribution is 2.30. The molecule has 4 rings (SSSR count). The number of aryl methyl sites for hydroxylation is 1. The van der Waals surface area contributed by atoms with Gasteiger partial charge in [0.25, 0.3) is 11.8 Å². The van der Waals surface area contributed by atoms with Crippen molar-refractivity contribution in [2.45, 2.75) is 26.4 Å². The molecule has 0 unspecified atom stereocenters. The molecule has 0 aliphatic carbocycles. The molecule has 2 amide bonds. The van der Waals surface area contributed by atoms with Crippen molar-refractivity contribution < 1.29 is 19.1 Å². The first-order valence-corrected chi connectivity index (χ1v) is 11.8. The molecule has 190 valence electrons. The lowest BCUT2D eigenvalue weighted by Crippen LogP contribution is -2.38. The van der Waals surface area contributed by atoms with E-state index in [0.717, 1.165) is 0 Å². The highest BCUT2D eigenvalue weighted by Gasteiger charge is 2.22. The highest BCUT2D eigenvalue weighted by atomic mass is 35.5. The van der Waals surface area contributed by atoms with Gasteiger partial charge in [0.15, 0.2) is 5.69 Å². The average molecular weight is 522 g/mol. The maximum atomic E-state index is 14.4. The minimum atomic E-state index is -1.11. The quantitative estimate of drug-likeness (QED) is 0.324. The summed E-state index contributed by atoms with van der Waals surface area (Å²) in [6.45, 7) is 4.90. The number of aromatic nitrogens is 3. The van der Waals surface area contributed by atoms with Crippen LogP contribution in [0.4, 0.5) is 10.2 Å². The van der Waals surface area contributed by atoms with Crippen LogP contribution in [0.25, 0.3) is 16.9 Å². The van der Waals surface area contributed by atoms with E-state index in [9.17, 15) is 19.1 Å². The first-order chi connectivity index (χ1) is 17.5. The molecule has 0 saturated heterocycles. The normalized spacial score (nSPS) is 11.3. The standard InChI is InChI=1S/C27H25ClFN5O3/c1-16-12-20(28)19(13-18(16)24-21(29)10-7-11-30-24)25(35)32-23-14-22(26(36)31-15-27(2,3)37)33-34(23)17-8-5-4-6-9-17/h4-14,37H,15H2,1-3H3,(H,31,36)(H,32,35). The van der Waals surface area contributed by atoms with Crippen LogP contribution < -0.4 is 10.6 Å². The van der Waals surface area contributed by atoms with Gasteiger partial charge in [0.1, 0.15) is 17.3 Å². The molecule has 0 aliphatic heterocycles. The van der Waals surface area contributed by atoms with Crippen LogP contribution in [-0.2, 0) is 0 Å². The summed E-state index contributed by atoms with van der Waals surface area (Å²) in [6, 6.07) is 16.2. The number of rotatable bonds is 7. The number of hydrogen-bond acceptors (Lipinski definition) is 5. The van der Waals surface area contributed by atoms with Crippen molar-refractivity contribution in [3.05, 3.63) is 94.5 Å². The van der Waals surface area contributed by atoms with Crippen LogP contribution in [0.3, 0.4) is 0 Å². The maximum absolute atomic E-state index is 14.4. The third kappa shape index (κ3) is 6.02. The predicted molar refractivity (Wildman–Crippen MR) is 140 cm³/mol. The second-order valence-electron chi connectivity index (χ2n) is 9.09. The minimum absolute atomic E-state index is 0.0115. The molecule has 0 bridgehead atoms. The predicted octanol–water partition coefficient (Wildman–Crippen LogP) is 4.79. The van der Waals surface area contributed by atoms with E-state index < -0.39 is 23.2 Å². The summed E-state index contributed by atoms with van der Waals surface area (Å²) in [4.78, 5) is 30.2. The average Bonchev–Trinajstić information content (AvgIpc) is 3.27. The second-order valence-corrected chi connectivity index (χ2v) is 9.50. The Hall–Kier alpha value is -4.08. The van der Waals surface area contributed by atoms with Gasteiger partial charge < -0.3 is 15.7 Å². The number of amides is 2. The molecule has 8 nitrogen and oxygen atoms in total. The number of nitrogens with one attached hydrogen (secondary N) is 2. The summed E-state index contributed by atoms with van der Waals surface area (Å²) in [5.74, 6) is -1.41. The zero-order chi connectivity index (χ0) is 26.7. The van der Waals surface area contributed by atoms with Gasteiger partial charge >= 0.3 is 0 Å². The molecule has 0 saturated carbocycles. The molecule has 0 radical (unpaired) electrons. The number of aliphatic hydroxyl groups is 1. The Morgan fingerprint density at radius 1 is 1.08 bits per heavy atom. The fraction of sp³-hybridized carbons (Fsp3) is 0.185. The third-order valence-electron chi connectivity index (χ3n) is 5.44. The monoisotopic (exact) mass is 521 g/mol. The smallest absolute Gasteiger partial charge is 0.271 e. The van der Waals surface area contributed by atoms with E-state index >= 15 is 0 Å². The van der Waals surface area contributed by atoms with Crippen LogP contribution in [0.5, 0.6) is 0 Å². The van der Waals surface area contributed by atoms with Crippen molar-refractivity contribution in [3.63, 3.8) is 0 Å². The summed E-state index contributed by atoms with van der Waals surface area (Å²) in [7, 11) is 0. The molecule has 0 spiro atoms. The first kappa shape index (κ1) is 26.0. The topological polar surface area (TPSA) is 109 Å². The molecule has 0 fully saturated rings. The fourth-order valence-corrected chi connectivity index (χ4v) is 3.91. The van der Waals surface area contributed by atoms with Gasteiger partial charge in [-0.3, -0.25) is 14.6 Å². The van der Waals surface area contributed by atoms with Crippen molar-refractivity contribution in [2.24, 2.45) is 0 Å². The Kier molecular flexibility index (Phi) is 7.37. The lowest BCUT2D eigenvalue weighted by atomic mass is 10.0. The summed E-state index contributed by atoms with van der Waals surface area (Å²) >= 11 is 6.40. The summed E-state index contributed by atoms with van der Waals surface area (Å²) in [5, 5.41) is 19.8. The molecule has 2 heterocycles. The zero-order valence-electron chi connectivity index (χ0n) is 20.4. The summed E-state index contributed by atoms with van der Waals surface area (Å²) in [6.07, 6.45) is 1.47. The Morgan fingerprint density at radius 2 is 1.81 bits per heavy atom. The molecule has 0 aliphatic rings. The number of para-hydroxylation sites is 1. The van der Waals surface area contributed by atoms with Gasteiger partial charge in [-0.05, 0) is 62.7 Å². The Balaban J connectivity index is 1.70. The molecule has 4 aromatic rings. The van der Waals surface area contributed by atoms with Gasteiger partial charge in [0.05, 0.1) is 21.9 Å². The van der Waals surface area contributed by atoms with Crippen LogP contribution in [0.1, 0.15) is 40.3 Å². The van der Waals surface area contributed by atoms with E-state index in [4.69, 9.17) is 11.6 Å². The summed E-state index contributed by atoms with van der Waals surface area (Å²) < 4.78 is 15.8. The van der Waals surface area contributed by atoms with E-state index in [2.05, 4.69) is 20.7 Å². The van der Waals surface area contributed by atoms with Crippen LogP contribution in [0.15, 0.2) is 66.9 Å². The van der Waals surface area contributed by atoms with Crippen molar-refractivity contribution >= 4 is 29.2 Å². The number of halogens is 2. The van der Waals surface area contributed by atoms with Crippen molar-refractivity contribution in [1.82, 2.24) is 20.1 Å². The van der Waals surface area contributed by atoms with E-state index in [1.165, 1.54) is 35.1 Å². The Labute approximate surface area is 218 Å². The molecule has 2 aromatic carbocycles. The highest BCUT2D eigenvalue weighted by molar-refractivity contribution is 6.34. The lowest BCUT2D eigenvalue weighted by molar-refractivity contribution is 0.0691. The van der Waals surface area contributed by atoms with Gasteiger partial charge in [0, 0.05) is 24.4 Å². The van der Waals surface area contributed by atoms with Crippen LogP contribution in [0.2, 0.25) is 5.02 Å². The molecule has 10 heteroatoms. The largest absolute Gasteiger partial charge is 0.389 e. The van der Waals surface area contributed by atoms with Crippen molar-refractivity contribution in [1.29, 1.82) is 0 Å². The van der Waals surface area contributed by atoms with Crippen LogP contribution in [-0.4, -0.2) is 43.8 Å². The van der Waals surface area contributed by atoms with Crippen LogP contribution >= 0.6 is 11.6 Å². The van der Waals surface area contributed by atoms with E-state index in [1.807, 2.05) is 6.07 Å². The Bertz CT molecular complexity index is 1460. The third-order valence-corrected chi connectivity index (χ3v) is 5.75. The molecule has 0 atom stereocenters. The fourth-order valence-electron chi connectivity index (χ4n) is 3.60. The number of pyridine rings is 1. The van der Waals surface area contributed by atoms with E-state index in [0.29, 0.717) is 16.8 Å². The van der Waals surface area contributed by atoms with E-state index in [-0.39, 0.29) is 34.3 Å². The van der Waals surface area contributed by atoms with Gasteiger partial charge in [-0.1, -0.05) is 29.8 Å². The molecule has 2 aromatic heterocycles. The molecular weight excluding hydrogens is 497 g/mol. The summed E-state index contributed by atoms with van der Waals surface area (Å²) in [5.41, 5.74) is 0.809. The first-order valence-electron chi connectivity index (χ1n) is 11.4. The van der Waals surface area contributed by atoms with Gasteiger partial charge in [-0.2, -0.15) is 5.10 Å². The van der Waals surface area contributed by atoms with Crippen molar-refractivity contribution in [2.75, 3.05) is 11.9 Å². The zero-order valence-corrected chi connectivity index (χ0v) is 21.2. The van der Waals surface area contributed by atoms with Crippen LogP contribution in [0, 0.1) is 12.7 Å². The maximum Gasteiger partial charge on any atom is 0.271 e. The number of carbonyl (C=O) groups excluding carboxylic acids is 2. The minimum Gasteiger partial charge on any atom is -0.389 e. The molecular formula is C27H25ClFN5O3. The van der Waals surface area contributed by atoms with E-state index in [1.54, 1.807) is 51.1 Å². The Morgan fingerprint density at radius 3 is 2.49 bits per heavy atom. The number of hydrogen-bond donors (Lipinski definition) is 3. The number of nitrogens with zero attached hydrogens (tertiary/aromatic N) is 3. The van der Waals surface area contributed by atoms with Gasteiger partial charge in [0.2, 0.25) is 0 Å². The number of carbonyl (C=O) groups is 2. The lowest BCUT2D eigenvalue weighted by Gasteiger charge is -2.16. The SMILES string of the molecule is Cc1cc(Cl)c(C(=O)Nc2cc(C(=O)NCC(C)(C)O)nn2-c2ccccc2)cc1-c1ncccc1F. The van der Waals surface area contributed by atoms with Crippen molar-refractivity contribution in [3.8, 4) is 16.9 Å². The molecule has 37 heavy (non-hydrogen) atoms. The molecule has 3 N–H and O–H groups in total.